The zero-order chi connectivity index (χ0) is 49.9. The maximum absolute atomic E-state index is 12.5. The van der Waals surface area contributed by atoms with Gasteiger partial charge >= 0.3 is 0 Å². The number of amides is 1. The Kier molecular flexibility index (Phi) is 58.2. The lowest BCUT2D eigenvalue weighted by molar-refractivity contribution is -0.123. The number of nitrogens with one attached hydrogen (secondary N) is 1. The summed E-state index contributed by atoms with van der Waals surface area (Å²) < 4.78 is 0. The van der Waals surface area contributed by atoms with E-state index in [2.05, 4.69) is 79.9 Å². The topological polar surface area (TPSA) is 69.6 Å². The summed E-state index contributed by atoms with van der Waals surface area (Å²) in [6.07, 6.45) is 86.7. The molecule has 0 aromatic rings. The first-order valence-electron chi connectivity index (χ1n) is 30.7. The SMILES string of the molecule is CCCCCCC/C=C\C/C=C\C/C=C\CCCCCCCCCCCCCCCCCCCCCCCCCCC(=O)NC(CO)C(O)/C=C/CC/C=C/CC/C=C/CCCCCCCCCC. The highest BCUT2D eigenvalue weighted by Gasteiger charge is 2.18. The molecule has 0 heterocycles. The summed E-state index contributed by atoms with van der Waals surface area (Å²) >= 11 is 0. The van der Waals surface area contributed by atoms with Crippen LogP contribution in [0, 0.1) is 0 Å². The number of carbonyl (C=O) groups excluding carboxylic acids is 1. The van der Waals surface area contributed by atoms with E-state index in [-0.39, 0.29) is 12.5 Å². The lowest BCUT2D eigenvalue weighted by Crippen LogP contribution is -2.45. The van der Waals surface area contributed by atoms with Crippen LogP contribution in [0.5, 0.6) is 0 Å². The number of carbonyl (C=O) groups is 1. The van der Waals surface area contributed by atoms with Gasteiger partial charge < -0.3 is 15.5 Å². The van der Waals surface area contributed by atoms with E-state index in [0.717, 1.165) is 51.4 Å². The molecule has 402 valence electrons. The van der Waals surface area contributed by atoms with E-state index >= 15 is 0 Å². The third kappa shape index (κ3) is 56.6. The number of aliphatic hydroxyl groups excluding tert-OH is 2. The van der Waals surface area contributed by atoms with Crippen LogP contribution in [0.4, 0.5) is 0 Å². The van der Waals surface area contributed by atoms with Crippen molar-refractivity contribution in [3.8, 4) is 0 Å². The van der Waals surface area contributed by atoms with E-state index in [0.29, 0.717) is 6.42 Å². The average Bonchev–Trinajstić information content (AvgIpc) is 3.35. The van der Waals surface area contributed by atoms with Crippen LogP contribution in [0.3, 0.4) is 0 Å². The van der Waals surface area contributed by atoms with Gasteiger partial charge in [0.15, 0.2) is 0 Å². The second-order valence-electron chi connectivity index (χ2n) is 20.7. The number of aliphatic hydroxyl groups is 2. The van der Waals surface area contributed by atoms with Gasteiger partial charge in [0.25, 0.3) is 0 Å². The summed E-state index contributed by atoms with van der Waals surface area (Å²) in [6.45, 7) is 4.29. The molecule has 0 rings (SSSR count). The highest BCUT2D eigenvalue weighted by molar-refractivity contribution is 5.76. The molecule has 0 aliphatic rings. The number of allylic oxidation sites excluding steroid dienone is 11. The second kappa shape index (κ2) is 60.1. The van der Waals surface area contributed by atoms with Gasteiger partial charge in [-0.2, -0.15) is 0 Å². The second-order valence-corrected chi connectivity index (χ2v) is 20.7. The van der Waals surface area contributed by atoms with Crippen molar-refractivity contribution in [1.29, 1.82) is 0 Å². The van der Waals surface area contributed by atoms with Crippen LogP contribution in [0.25, 0.3) is 0 Å². The standard InChI is InChI=1S/C65H119NO3/c1-3-5-7-9-11-13-15-17-19-21-23-24-25-26-27-28-29-30-31-32-33-34-35-36-37-38-39-40-41-42-43-45-47-49-51-53-55-57-59-61-65(69)66-63(62-67)64(68)60-58-56-54-52-50-48-46-44-22-20-18-16-14-12-10-8-6-4-2/h15,17,21-23,25-26,44,50,52,58,60,63-64,67-68H,3-14,16,18-20,24,27-43,45-49,51,53-57,59,61-62H2,1-2H3,(H,66,69)/b17-15-,23-21-,26-25-,44-22+,52-50+,60-58+. The first-order chi connectivity index (χ1) is 34.2. The highest BCUT2D eigenvalue weighted by atomic mass is 16.3. The molecule has 0 spiro atoms. The minimum atomic E-state index is -0.871. The van der Waals surface area contributed by atoms with Gasteiger partial charge in [0, 0.05) is 6.42 Å². The molecule has 0 saturated heterocycles. The lowest BCUT2D eigenvalue weighted by Gasteiger charge is -2.19. The van der Waals surface area contributed by atoms with Crippen LogP contribution in [-0.2, 0) is 4.79 Å². The predicted octanol–water partition coefficient (Wildman–Crippen LogP) is 20.5. The Balaban J connectivity index is 3.46. The van der Waals surface area contributed by atoms with Crippen molar-refractivity contribution in [3.05, 3.63) is 72.9 Å². The van der Waals surface area contributed by atoms with Crippen molar-refractivity contribution in [2.75, 3.05) is 6.61 Å². The molecular formula is C65H119NO3. The molecule has 2 unspecified atom stereocenters. The minimum absolute atomic E-state index is 0.0745. The molecule has 0 bridgehead atoms. The first kappa shape index (κ1) is 66.8. The van der Waals surface area contributed by atoms with Crippen molar-refractivity contribution in [2.45, 2.75) is 328 Å². The normalized spacial score (nSPS) is 13.3. The summed E-state index contributed by atoms with van der Waals surface area (Å²) in [6, 6.07) is -0.647. The third-order valence-electron chi connectivity index (χ3n) is 13.9. The molecule has 4 heteroatoms. The summed E-state index contributed by atoms with van der Waals surface area (Å²) in [5.41, 5.74) is 0. The van der Waals surface area contributed by atoms with Crippen LogP contribution in [0.2, 0.25) is 0 Å². The Bertz CT molecular complexity index is 1180. The Morgan fingerprint density at radius 3 is 0.942 bits per heavy atom. The Hall–Kier alpha value is -2.17. The van der Waals surface area contributed by atoms with E-state index in [1.165, 1.54) is 244 Å². The average molecular weight is 963 g/mol. The van der Waals surface area contributed by atoms with Crippen molar-refractivity contribution in [1.82, 2.24) is 5.32 Å². The summed E-state index contributed by atoms with van der Waals surface area (Å²) in [7, 11) is 0. The molecule has 0 aromatic carbocycles. The smallest absolute Gasteiger partial charge is 0.220 e. The van der Waals surface area contributed by atoms with E-state index in [1.54, 1.807) is 6.08 Å². The van der Waals surface area contributed by atoms with Crippen molar-refractivity contribution < 1.29 is 15.0 Å². The fourth-order valence-electron chi connectivity index (χ4n) is 9.22. The monoisotopic (exact) mass is 962 g/mol. The Labute approximate surface area is 431 Å². The van der Waals surface area contributed by atoms with Gasteiger partial charge in [-0.05, 0) is 83.5 Å². The molecular weight excluding hydrogens is 843 g/mol. The van der Waals surface area contributed by atoms with Gasteiger partial charge in [-0.3, -0.25) is 4.79 Å². The number of unbranched alkanes of at least 4 members (excludes halogenated alkanes) is 39. The number of hydrogen-bond donors (Lipinski definition) is 3. The highest BCUT2D eigenvalue weighted by Crippen LogP contribution is 2.17. The summed E-state index contributed by atoms with van der Waals surface area (Å²) in [4.78, 5) is 12.5. The van der Waals surface area contributed by atoms with Crippen molar-refractivity contribution >= 4 is 5.91 Å². The fourth-order valence-corrected chi connectivity index (χ4v) is 9.22. The van der Waals surface area contributed by atoms with Gasteiger partial charge in [0.1, 0.15) is 0 Å². The summed E-state index contributed by atoms with van der Waals surface area (Å²) in [5, 5.41) is 23.1. The molecule has 0 aliphatic carbocycles. The van der Waals surface area contributed by atoms with Gasteiger partial charge in [-0.15, -0.1) is 0 Å². The van der Waals surface area contributed by atoms with Crippen LogP contribution in [0.15, 0.2) is 72.9 Å². The molecule has 69 heavy (non-hydrogen) atoms. The fraction of sp³-hybridized carbons (Fsp3) is 0.800. The van der Waals surface area contributed by atoms with Gasteiger partial charge in [0.05, 0.1) is 18.8 Å². The molecule has 3 N–H and O–H groups in total. The third-order valence-corrected chi connectivity index (χ3v) is 13.9. The van der Waals surface area contributed by atoms with E-state index in [9.17, 15) is 15.0 Å². The van der Waals surface area contributed by atoms with E-state index in [4.69, 9.17) is 0 Å². The molecule has 0 saturated carbocycles. The van der Waals surface area contributed by atoms with E-state index in [1.807, 2.05) is 6.08 Å². The molecule has 0 radical (unpaired) electrons. The summed E-state index contributed by atoms with van der Waals surface area (Å²) in [5.74, 6) is -0.0745. The maximum Gasteiger partial charge on any atom is 0.220 e. The Morgan fingerprint density at radius 1 is 0.348 bits per heavy atom. The zero-order valence-corrected chi connectivity index (χ0v) is 46.3. The molecule has 0 aromatic heterocycles. The van der Waals surface area contributed by atoms with Gasteiger partial charge in [0.2, 0.25) is 5.91 Å². The molecule has 4 nitrogen and oxygen atoms in total. The Morgan fingerprint density at radius 2 is 0.609 bits per heavy atom. The van der Waals surface area contributed by atoms with Crippen LogP contribution in [-0.4, -0.2) is 34.9 Å². The largest absolute Gasteiger partial charge is 0.394 e. The molecule has 2 atom stereocenters. The van der Waals surface area contributed by atoms with Crippen LogP contribution >= 0.6 is 0 Å². The molecule has 0 fully saturated rings. The lowest BCUT2D eigenvalue weighted by atomic mass is 10.0. The minimum Gasteiger partial charge on any atom is -0.394 e. The van der Waals surface area contributed by atoms with Gasteiger partial charge in [-0.1, -0.05) is 299 Å². The maximum atomic E-state index is 12.5. The van der Waals surface area contributed by atoms with Crippen LogP contribution < -0.4 is 5.32 Å². The molecule has 0 aliphatic heterocycles. The predicted molar refractivity (Wildman–Crippen MR) is 308 cm³/mol. The zero-order valence-electron chi connectivity index (χ0n) is 46.3. The van der Waals surface area contributed by atoms with E-state index < -0.39 is 12.1 Å². The number of hydrogen-bond acceptors (Lipinski definition) is 3. The molecule has 1 amide bonds. The van der Waals surface area contributed by atoms with Gasteiger partial charge in [-0.25, -0.2) is 0 Å². The quantitative estimate of drug-likeness (QED) is 0.0420. The number of rotatable bonds is 56. The van der Waals surface area contributed by atoms with Crippen molar-refractivity contribution in [3.63, 3.8) is 0 Å². The van der Waals surface area contributed by atoms with Crippen LogP contribution in [0.1, 0.15) is 316 Å². The van der Waals surface area contributed by atoms with Crippen molar-refractivity contribution in [2.24, 2.45) is 0 Å². The first-order valence-corrected chi connectivity index (χ1v) is 30.7.